The number of rotatable bonds is 11. The highest BCUT2D eigenvalue weighted by molar-refractivity contribution is 8.14. The number of benzene rings is 1. The van der Waals surface area contributed by atoms with E-state index in [1.54, 1.807) is 0 Å². The number of amides is 1. The fourth-order valence-electron chi connectivity index (χ4n) is 1.90. The summed E-state index contributed by atoms with van der Waals surface area (Å²) in [7, 11) is 0. The van der Waals surface area contributed by atoms with Crippen LogP contribution < -0.4 is 5.32 Å². The van der Waals surface area contributed by atoms with Crippen LogP contribution >= 0.6 is 23.5 Å². The molecule has 0 bridgehead atoms. The molecular formula is C18H25NO3S2. The topological polar surface area (TPSA) is 63.2 Å². The van der Waals surface area contributed by atoms with Crippen molar-refractivity contribution in [3.63, 3.8) is 0 Å². The van der Waals surface area contributed by atoms with Crippen LogP contribution in [0.2, 0.25) is 0 Å². The quantitative estimate of drug-likeness (QED) is 0.472. The molecule has 24 heavy (non-hydrogen) atoms. The summed E-state index contributed by atoms with van der Waals surface area (Å²) < 4.78 is 0. The molecular weight excluding hydrogens is 342 g/mol. The average Bonchev–Trinajstić information content (AvgIpc) is 2.58. The van der Waals surface area contributed by atoms with Crippen LogP contribution in [0.4, 0.5) is 0 Å². The van der Waals surface area contributed by atoms with E-state index < -0.39 is 0 Å². The van der Waals surface area contributed by atoms with Gasteiger partial charge < -0.3 is 5.32 Å². The molecule has 0 aromatic heterocycles. The molecule has 0 saturated heterocycles. The lowest BCUT2D eigenvalue weighted by atomic mass is 10.2. The summed E-state index contributed by atoms with van der Waals surface area (Å²) in [6.45, 7) is 2.79. The number of hydrogen-bond donors (Lipinski definition) is 1. The molecule has 4 nitrogen and oxygen atoms in total. The van der Waals surface area contributed by atoms with Crippen LogP contribution in [0, 0.1) is 0 Å². The number of carbonyl (C=O) groups excluding carboxylic acids is 3. The highest BCUT2D eigenvalue weighted by atomic mass is 32.2. The lowest BCUT2D eigenvalue weighted by Gasteiger charge is -2.04. The van der Waals surface area contributed by atoms with E-state index in [4.69, 9.17) is 0 Å². The van der Waals surface area contributed by atoms with Gasteiger partial charge in [0.25, 0.3) is 0 Å². The van der Waals surface area contributed by atoms with Gasteiger partial charge in [-0.1, -0.05) is 61.5 Å². The van der Waals surface area contributed by atoms with Crippen molar-refractivity contribution < 1.29 is 14.4 Å². The Morgan fingerprint density at radius 3 is 2.42 bits per heavy atom. The maximum Gasteiger partial charge on any atom is 0.220 e. The third-order valence-corrected chi connectivity index (χ3v) is 5.08. The molecule has 0 saturated carbocycles. The Labute approximate surface area is 152 Å². The fourth-order valence-corrected chi connectivity index (χ4v) is 3.55. The largest absolute Gasteiger partial charge is 0.356 e. The van der Waals surface area contributed by atoms with E-state index in [1.807, 2.05) is 30.3 Å². The molecule has 0 spiro atoms. The average molecular weight is 368 g/mol. The maximum absolute atomic E-state index is 11.8. The van der Waals surface area contributed by atoms with Crippen molar-refractivity contribution in [1.29, 1.82) is 0 Å². The lowest BCUT2D eigenvalue weighted by Crippen LogP contribution is -2.24. The van der Waals surface area contributed by atoms with Crippen LogP contribution in [0.3, 0.4) is 0 Å². The summed E-state index contributed by atoms with van der Waals surface area (Å²) in [4.78, 5) is 36.0. The van der Waals surface area contributed by atoms with Crippen LogP contribution in [0.1, 0.15) is 45.4 Å². The first-order valence-electron chi connectivity index (χ1n) is 8.30. The van der Waals surface area contributed by atoms with Gasteiger partial charge in [0.05, 0.1) is 0 Å². The van der Waals surface area contributed by atoms with Crippen molar-refractivity contribution in [3.8, 4) is 0 Å². The Morgan fingerprint density at radius 2 is 1.71 bits per heavy atom. The standard InChI is InChI=1S/C18H25NO3S2/c1-2-3-7-13-19-16(20)10-11-17(21)23-14-12-18(22)24-15-8-5-4-6-9-15/h4-6,8-9H,2-3,7,10-14H2,1H3,(H,19,20). The van der Waals surface area contributed by atoms with Crippen LogP contribution in [0.15, 0.2) is 35.2 Å². The van der Waals surface area contributed by atoms with Gasteiger partial charge in [0.1, 0.15) is 0 Å². The summed E-state index contributed by atoms with van der Waals surface area (Å²) in [5.41, 5.74) is 0. The van der Waals surface area contributed by atoms with E-state index in [-0.39, 0.29) is 29.0 Å². The zero-order chi connectivity index (χ0) is 17.6. The third kappa shape index (κ3) is 10.5. The van der Waals surface area contributed by atoms with Gasteiger partial charge in [-0.05, 0) is 18.6 Å². The summed E-state index contributed by atoms with van der Waals surface area (Å²) in [6, 6.07) is 9.46. The van der Waals surface area contributed by atoms with Gasteiger partial charge in [-0.15, -0.1) is 0 Å². The SMILES string of the molecule is CCCCCNC(=O)CCC(=O)SCCC(=O)Sc1ccccc1. The van der Waals surface area contributed by atoms with Crippen molar-refractivity contribution in [2.75, 3.05) is 12.3 Å². The number of hydrogen-bond acceptors (Lipinski definition) is 5. The van der Waals surface area contributed by atoms with Crippen molar-refractivity contribution in [2.24, 2.45) is 0 Å². The molecule has 0 aliphatic heterocycles. The highest BCUT2D eigenvalue weighted by Crippen LogP contribution is 2.21. The predicted molar refractivity (Wildman–Crippen MR) is 101 cm³/mol. The number of nitrogens with one attached hydrogen (secondary N) is 1. The molecule has 0 aliphatic rings. The molecule has 6 heteroatoms. The molecule has 1 rings (SSSR count). The zero-order valence-electron chi connectivity index (χ0n) is 14.1. The second-order valence-electron chi connectivity index (χ2n) is 5.31. The minimum absolute atomic E-state index is 0.0313. The Hall–Kier alpha value is -1.27. The van der Waals surface area contributed by atoms with Crippen molar-refractivity contribution in [3.05, 3.63) is 30.3 Å². The molecule has 0 atom stereocenters. The van der Waals surface area contributed by atoms with Gasteiger partial charge in [0.2, 0.25) is 5.91 Å². The van der Waals surface area contributed by atoms with Crippen molar-refractivity contribution >= 4 is 39.7 Å². The summed E-state index contributed by atoms with van der Waals surface area (Å²) in [5, 5.41) is 2.84. The zero-order valence-corrected chi connectivity index (χ0v) is 15.7. The number of carbonyl (C=O) groups is 3. The first-order valence-corrected chi connectivity index (χ1v) is 10.1. The summed E-state index contributed by atoms with van der Waals surface area (Å²) >= 11 is 2.34. The maximum atomic E-state index is 11.8. The second kappa shape index (κ2) is 13.1. The molecule has 1 amide bonds. The Kier molecular flexibility index (Phi) is 11.3. The molecule has 0 aliphatic carbocycles. The van der Waals surface area contributed by atoms with Crippen LogP contribution in [0.5, 0.6) is 0 Å². The first kappa shape index (κ1) is 20.8. The monoisotopic (exact) mass is 367 g/mol. The van der Waals surface area contributed by atoms with E-state index in [2.05, 4.69) is 12.2 Å². The second-order valence-corrected chi connectivity index (χ2v) is 7.60. The van der Waals surface area contributed by atoms with Crippen LogP contribution in [-0.2, 0) is 14.4 Å². The van der Waals surface area contributed by atoms with E-state index in [1.165, 1.54) is 11.8 Å². The Balaban J connectivity index is 2.07. The van der Waals surface area contributed by atoms with Crippen LogP contribution in [-0.4, -0.2) is 28.4 Å². The molecule has 0 unspecified atom stereocenters. The first-order chi connectivity index (χ1) is 11.6. The highest BCUT2D eigenvalue weighted by Gasteiger charge is 2.09. The minimum atomic E-state index is -0.0734. The summed E-state index contributed by atoms with van der Waals surface area (Å²) in [5.74, 6) is 0.395. The van der Waals surface area contributed by atoms with Gasteiger partial charge in [0.15, 0.2) is 10.2 Å². The lowest BCUT2D eigenvalue weighted by molar-refractivity contribution is -0.123. The minimum Gasteiger partial charge on any atom is -0.356 e. The van der Waals surface area contributed by atoms with E-state index in [0.29, 0.717) is 18.7 Å². The molecule has 132 valence electrons. The van der Waals surface area contributed by atoms with E-state index in [9.17, 15) is 14.4 Å². The van der Waals surface area contributed by atoms with Crippen LogP contribution in [0.25, 0.3) is 0 Å². The fraction of sp³-hybridized carbons (Fsp3) is 0.500. The van der Waals surface area contributed by atoms with Gasteiger partial charge in [0, 0.05) is 36.5 Å². The normalized spacial score (nSPS) is 10.4. The Morgan fingerprint density at radius 1 is 0.958 bits per heavy atom. The van der Waals surface area contributed by atoms with Gasteiger partial charge >= 0.3 is 0 Å². The third-order valence-electron chi connectivity index (χ3n) is 3.20. The van der Waals surface area contributed by atoms with Gasteiger partial charge in [-0.3, -0.25) is 14.4 Å². The molecule has 0 fully saturated rings. The van der Waals surface area contributed by atoms with Crippen molar-refractivity contribution in [1.82, 2.24) is 5.32 Å². The van der Waals surface area contributed by atoms with Crippen molar-refractivity contribution in [2.45, 2.75) is 50.3 Å². The number of unbranched alkanes of at least 4 members (excludes halogenated alkanes) is 2. The van der Waals surface area contributed by atoms with E-state index >= 15 is 0 Å². The predicted octanol–water partition coefficient (Wildman–Crippen LogP) is 4.04. The van der Waals surface area contributed by atoms with Gasteiger partial charge in [-0.25, -0.2) is 0 Å². The van der Waals surface area contributed by atoms with E-state index in [0.717, 1.165) is 35.9 Å². The summed E-state index contributed by atoms with van der Waals surface area (Å²) in [6.07, 6.45) is 4.00. The molecule has 1 N–H and O–H groups in total. The Bertz CT molecular complexity index is 520. The molecule has 0 heterocycles. The number of thioether (sulfide) groups is 2. The molecule has 1 aromatic carbocycles. The smallest absolute Gasteiger partial charge is 0.220 e. The van der Waals surface area contributed by atoms with Gasteiger partial charge in [-0.2, -0.15) is 0 Å². The molecule has 1 aromatic rings. The molecule has 0 radical (unpaired) electrons.